The Labute approximate surface area is 148 Å². The smallest absolute Gasteiger partial charge is 0.417 e. The summed E-state index contributed by atoms with van der Waals surface area (Å²) in [5.74, 6) is -1.73. The highest BCUT2D eigenvalue weighted by Crippen LogP contribution is 2.24. The van der Waals surface area contributed by atoms with E-state index in [1.807, 2.05) is 0 Å². The van der Waals surface area contributed by atoms with Crippen LogP contribution in [0, 0.1) is 5.92 Å². The van der Waals surface area contributed by atoms with Crippen LogP contribution in [-0.4, -0.2) is 57.6 Å². The minimum Gasteiger partial charge on any atom is -0.443 e. The zero-order valence-corrected chi connectivity index (χ0v) is 16.2. The van der Waals surface area contributed by atoms with Gasteiger partial charge in [-0.05, 0) is 47.5 Å². The number of hydrogen-bond acceptors (Lipinski definition) is 6. The van der Waals surface area contributed by atoms with Crippen molar-refractivity contribution >= 4 is 24.0 Å². The predicted octanol–water partition coefficient (Wildman–Crippen LogP) is 2.55. The van der Waals surface area contributed by atoms with E-state index in [1.165, 1.54) is 0 Å². The Morgan fingerprint density at radius 2 is 1.40 bits per heavy atom. The molecule has 0 bridgehead atoms. The van der Waals surface area contributed by atoms with Gasteiger partial charge in [0.15, 0.2) is 0 Å². The van der Waals surface area contributed by atoms with E-state index < -0.39 is 53.7 Å². The first-order valence-corrected chi connectivity index (χ1v) is 8.23. The van der Waals surface area contributed by atoms with Crippen molar-refractivity contribution in [2.24, 2.45) is 5.92 Å². The first-order chi connectivity index (χ1) is 11.1. The second-order valence-corrected chi connectivity index (χ2v) is 8.34. The summed E-state index contributed by atoms with van der Waals surface area (Å²) in [7, 11) is 0. The van der Waals surface area contributed by atoms with Crippen LogP contribution in [0.2, 0.25) is 0 Å². The van der Waals surface area contributed by atoms with Gasteiger partial charge in [0.25, 0.3) is 11.8 Å². The fourth-order valence-corrected chi connectivity index (χ4v) is 2.30. The van der Waals surface area contributed by atoms with Crippen LogP contribution in [0.5, 0.6) is 0 Å². The largest absolute Gasteiger partial charge is 0.443 e. The number of piperazine rings is 1. The summed E-state index contributed by atoms with van der Waals surface area (Å²) in [6, 6.07) is -1.12. The third kappa shape index (κ3) is 5.44. The standard InChI is InChI=1S/C17H28N2O6/c1-10(2)12-13(21)18(14(22)24-16(3,4)5)9-11(20)19(12)15(23)25-17(6,7)8/h10,12H,9H2,1-8H3/t12-/m0/s1/i18+1. The molecule has 0 aliphatic carbocycles. The molecule has 8 heteroatoms. The Bertz CT molecular complexity index is 571. The summed E-state index contributed by atoms with van der Waals surface area (Å²) in [5.41, 5.74) is -1.62. The van der Waals surface area contributed by atoms with Crippen molar-refractivity contribution in [2.75, 3.05) is 6.54 Å². The molecule has 1 heterocycles. The van der Waals surface area contributed by atoms with Crippen LogP contribution >= 0.6 is 0 Å². The van der Waals surface area contributed by atoms with E-state index in [2.05, 4.69) is 0 Å². The number of hydrogen-bond donors (Lipinski definition) is 0. The molecule has 1 fully saturated rings. The maximum Gasteiger partial charge on any atom is 0.417 e. The van der Waals surface area contributed by atoms with Crippen molar-refractivity contribution < 1.29 is 28.7 Å². The van der Waals surface area contributed by atoms with Gasteiger partial charge in [-0.25, -0.2) is 19.4 Å². The molecule has 0 spiro atoms. The molecule has 1 atom stereocenters. The van der Waals surface area contributed by atoms with Gasteiger partial charge in [-0.1, -0.05) is 13.8 Å². The molecule has 0 aromatic rings. The van der Waals surface area contributed by atoms with Gasteiger partial charge in [-0.3, -0.25) is 9.59 Å². The molecule has 0 aromatic carbocycles. The summed E-state index contributed by atoms with van der Waals surface area (Å²) >= 11 is 0. The van der Waals surface area contributed by atoms with Crippen molar-refractivity contribution in [3.63, 3.8) is 0 Å². The molecule has 25 heavy (non-hydrogen) atoms. The van der Waals surface area contributed by atoms with Gasteiger partial charge >= 0.3 is 12.2 Å². The van der Waals surface area contributed by atoms with Crippen LogP contribution in [0.1, 0.15) is 55.4 Å². The summed E-state index contributed by atoms with van der Waals surface area (Å²) in [5, 5.41) is 0. The highest BCUT2D eigenvalue weighted by atomic mass is 16.6. The van der Waals surface area contributed by atoms with Gasteiger partial charge in [0.1, 0.15) is 23.8 Å². The minimum absolute atomic E-state index is 0.394. The maximum atomic E-state index is 12.7. The van der Waals surface area contributed by atoms with Crippen LogP contribution in [0.4, 0.5) is 9.59 Å². The Balaban J connectivity index is 3.12. The van der Waals surface area contributed by atoms with E-state index in [1.54, 1.807) is 55.4 Å². The van der Waals surface area contributed by atoms with Crippen molar-refractivity contribution in [1.29, 1.82) is 0 Å². The molecule has 0 N–H and O–H groups in total. The third-order valence-electron chi connectivity index (χ3n) is 3.19. The highest BCUT2D eigenvalue weighted by Gasteiger charge is 2.48. The van der Waals surface area contributed by atoms with Crippen molar-refractivity contribution in [1.82, 2.24) is 9.80 Å². The average Bonchev–Trinajstić information content (AvgIpc) is 2.35. The molecule has 1 aliphatic heterocycles. The minimum atomic E-state index is -1.12. The summed E-state index contributed by atoms with van der Waals surface area (Å²) in [6.07, 6.45) is -1.80. The summed E-state index contributed by atoms with van der Waals surface area (Å²) in [4.78, 5) is 51.4. The normalized spacial score (nSPS) is 19.3. The van der Waals surface area contributed by atoms with Crippen LogP contribution in [0.25, 0.3) is 0 Å². The lowest BCUT2D eigenvalue weighted by Crippen LogP contribution is -2.65. The lowest BCUT2D eigenvalue weighted by atomic mass is 10.0. The topological polar surface area (TPSA) is 93.2 Å². The molecule has 1 saturated heterocycles. The molecule has 4 amide bonds. The van der Waals surface area contributed by atoms with E-state index in [9.17, 15) is 19.2 Å². The SMILES string of the molecule is CC(C)[C@H]1C(=O)[15N](C(=O)OC(C)(C)C)CC(=O)N1C(=O)OC(C)(C)C. The van der Waals surface area contributed by atoms with Crippen LogP contribution in [0.3, 0.4) is 0 Å². The predicted molar refractivity (Wildman–Crippen MR) is 89.7 cm³/mol. The zero-order chi connectivity index (χ0) is 19.7. The van der Waals surface area contributed by atoms with Crippen LogP contribution in [-0.2, 0) is 19.1 Å². The summed E-state index contributed by atoms with van der Waals surface area (Å²) < 4.78 is 10.4. The molecule has 1 aliphatic rings. The maximum absolute atomic E-state index is 12.7. The second-order valence-electron chi connectivity index (χ2n) is 8.34. The third-order valence-corrected chi connectivity index (χ3v) is 3.19. The summed E-state index contributed by atoms with van der Waals surface area (Å²) in [6.45, 7) is 12.8. The van der Waals surface area contributed by atoms with Gasteiger partial charge in [-0.15, -0.1) is 0 Å². The van der Waals surface area contributed by atoms with E-state index in [4.69, 9.17) is 9.47 Å². The van der Waals surface area contributed by atoms with E-state index in [0.717, 1.165) is 9.80 Å². The molecule has 1 rings (SSSR count). The monoisotopic (exact) mass is 357 g/mol. The molecule has 0 saturated carbocycles. The van der Waals surface area contributed by atoms with E-state index in [-0.39, 0.29) is 0 Å². The van der Waals surface area contributed by atoms with Gasteiger partial charge in [0.05, 0.1) is 0 Å². The Kier molecular flexibility index (Phi) is 5.87. The van der Waals surface area contributed by atoms with Crippen molar-refractivity contribution in [2.45, 2.75) is 72.6 Å². The number of amides is 4. The van der Waals surface area contributed by atoms with Gasteiger partial charge in [0, 0.05) is 0 Å². The van der Waals surface area contributed by atoms with Crippen LogP contribution in [0.15, 0.2) is 0 Å². The molecule has 8 nitrogen and oxygen atoms in total. The first kappa shape index (κ1) is 20.9. The van der Waals surface area contributed by atoms with Crippen molar-refractivity contribution in [3.8, 4) is 0 Å². The number of imide groups is 2. The van der Waals surface area contributed by atoms with E-state index in [0.29, 0.717) is 0 Å². The number of carbonyl (C=O) groups excluding carboxylic acids is 4. The van der Waals surface area contributed by atoms with Gasteiger partial charge < -0.3 is 9.47 Å². The Morgan fingerprint density at radius 1 is 0.960 bits per heavy atom. The Hall–Kier alpha value is -2.12. The average molecular weight is 357 g/mol. The molecular weight excluding hydrogens is 329 g/mol. The van der Waals surface area contributed by atoms with E-state index >= 15 is 0 Å². The molecule has 0 unspecified atom stereocenters. The first-order valence-electron chi connectivity index (χ1n) is 8.23. The van der Waals surface area contributed by atoms with Gasteiger partial charge in [-0.2, -0.15) is 0 Å². The number of carbonyl (C=O) groups is 4. The fraction of sp³-hybridized carbons (Fsp3) is 0.765. The quantitative estimate of drug-likeness (QED) is 0.670. The molecule has 0 radical (unpaired) electrons. The lowest BCUT2D eigenvalue weighted by molar-refractivity contribution is -0.155. The van der Waals surface area contributed by atoms with Crippen LogP contribution < -0.4 is 0 Å². The highest BCUT2D eigenvalue weighted by molar-refractivity contribution is 6.08. The molecular formula is C17H28N2O6. The number of nitrogens with zero attached hydrogens (tertiary/aromatic N) is 2. The Morgan fingerprint density at radius 3 is 1.80 bits per heavy atom. The fourth-order valence-electron chi connectivity index (χ4n) is 2.30. The molecule has 0 aromatic heterocycles. The second kappa shape index (κ2) is 7.01. The van der Waals surface area contributed by atoms with Crippen molar-refractivity contribution in [3.05, 3.63) is 0 Å². The molecule has 142 valence electrons. The lowest BCUT2D eigenvalue weighted by Gasteiger charge is -2.40. The van der Waals surface area contributed by atoms with Gasteiger partial charge in [0.2, 0.25) is 0 Å². The number of rotatable bonds is 1. The number of ether oxygens (including phenoxy) is 2. The zero-order valence-electron chi connectivity index (χ0n) is 16.2.